The van der Waals surface area contributed by atoms with E-state index < -0.39 is 0 Å². The number of benzene rings is 1. The molecule has 1 aromatic carbocycles. The molecule has 0 saturated carbocycles. The second kappa shape index (κ2) is 6.43. The number of nitrogens with one attached hydrogen (secondary N) is 1. The first-order valence-electron chi connectivity index (χ1n) is 7.29. The molecule has 2 aromatic heterocycles. The Hall–Kier alpha value is -2.96. The molecular formula is C16H17N5O2. The SMILES string of the molecule is Cc1ncc(C(=O)NCCc2nc(-c3ccccc3)no2)n1C. The highest BCUT2D eigenvalue weighted by atomic mass is 16.5. The van der Waals surface area contributed by atoms with Crippen LogP contribution in [-0.2, 0) is 13.5 Å². The number of carbonyl (C=O) groups is 1. The number of aryl methyl sites for hydroxylation is 1. The van der Waals surface area contributed by atoms with Gasteiger partial charge in [0.15, 0.2) is 0 Å². The van der Waals surface area contributed by atoms with E-state index in [4.69, 9.17) is 4.52 Å². The summed E-state index contributed by atoms with van der Waals surface area (Å²) in [5.74, 6) is 1.66. The number of aromatic nitrogens is 4. The van der Waals surface area contributed by atoms with Crippen LogP contribution in [0, 0.1) is 6.92 Å². The van der Waals surface area contributed by atoms with Gasteiger partial charge in [-0.15, -0.1) is 0 Å². The van der Waals surface area contributed by atoms with Crippen molar-refractivity contribution in [3.63, 3.8) is 0 Å². The van der Waals surface area contributed by atoms with Gasteiger partial charge in [0.2, 0.25) is 11.7 Å². The normalized spacial score (nSPS) is 10.7. The Balaban J connectivity index is 1.56. The Morgan fingerprint density at radius 1 is 1.30 bits per heavy atom. The van der Waals surface area contributed by atoms with Crippen molar-refractivity contribution < 1.29 is 9.32 Å². The molecule has 0 aliphatic rings. The second-order valence-electron chi connectivity index (χ2n) is 5.13. The van der Waals surface area contributed by atoms with Gasteiger partial charge in [-0.3, -0.25) is 4.79 Å². The molecule has 1 amide bonds. The van der Waals surface area contributed by atoms with Crippen LogP contribution in [-0.4, -0.2) is 32.1 Å². The third kappa shape index (κ3) is 3.28. The molecule has 118 valence electrons. The van der Waals surface area contributed by atoms with E-state index in [9.17, 15) is 4.79 Å². The summed E-state index contributed by atoms with van der Waals surface area (Å²) >= 11 is 0. The van der Waals surface area contributed by atoms with Crippen molar-refractivity contribution >= 4 is 5.91 Å². The van der Waals surface area contributed by atoms with Gasteiger partial charge < -0.3 is 14.4 Å². The van der Waals surface area contributed by atoms with Crippen molar-refractivity contribution in [2.75, 3.05) is 6.54 Å². The summed E-state index contributed by atoms with van der Waals surface area (Å²) in [7, 11) is 1.81. The van der Waals surface area contributed by atoms with Crippen LogP contribution in [0.15, 0.2) is 41.1 Å². The predicted octanol–water partition coefficient (Wildman–Crippen LogP) is 1.75. The molecule has 3 aromatic rings. The standard InChI is InChI=1S/C16H17N5O2/c1-11-18-10-13(21(11)2)16(22)17-9-8-14-19-15(20-23-14)12-6-4-3-5-7-12/h3-7,10H,8-9H2,1-2H3,(H,17,22). The Labute approximate surface area is 133 Å². The van der Waals surface area contributed by atoms with Gasteiger partial charge in [-0.1, -0.05) is 35.5 Å². The minimum Gasteiger partial charge on any atom is -0.350 e. The van der Waals surface area contributed by atoms with Gasteiger partial charge in [0.25, 0.3) is 5.91 Å². The molecular weight excluding hydrogens is 294 g/mol. The molecule has 2 heterocycles. The first-order valence-corrected chi connectivity index (χ1v) is 7.29. The molecule has 3 rings (SSSR count). The quantitative estimate of drug-likeness (QED) is 0.776. The topological polar surface area (TPSA) is 85.8 Å². The molecule has 0 aliphatic heterocycles. The second-order valence-corrected chi connectivity index (χ2v) is 5.13. The van der Waals surface area contributed by atoms with E-state index in [-0.39, 0.29) is 5.91 Å². The van der Waals surface area contributed by atoms with Gasteiger partial charge >= 0.3 is 0 Å². The number of carbonyl (C=O) groups excluding carboxylic acids is 1. The summed E-state index contributed by atoms with van der Waals surface area (Å²) in [5, 5.41) is 6.77. The minimum absolute atomic E-state index is 0.170. The van der Waals surface area contributed by atoms with E-state index in [1.807, 2.05) is 37.3 Å². The molecule has 7 nitrogen and oxygen atoms in total. The van der Waals surface area contributed by atoms with Crippen LogP contribution in [0.5, 0.6) is 0 Å². The van der Waals surface area contributed by atoms with Crippen LogP contribution in [0.4, 0.5) is 0 Å². The lowest BCUT2D eigenvalue weighted by atomic mass is 10.2. The first-order chi connectivity index (χ1) is 11.1. The third-order valence-electron chi connectivity index (χ3n) is 3.58. The average molecular weight is 311 g/mol. The van der Waals surface area contributed by atoms with Crippen molar-refractivity contribution in [2.24, 2.45) is 7.05 Å². The molecule has 0 aliphatic carbocycles. The number of rotatable bonds is 5. The zero-order chi connectivity index (χ0) is 16.2. The van der Waals surface area contributed by atoms with Gasteiger partial charge in [-0.25, -0.2) is 4.98 Å². The Kier molecular flexibility index (Phi) is 4.18. The monoisotopic (exact) mass is 311 g/mol. The number of imidazole rings is 1. The van der Waals surface area contributed by atoms with E-state index in [1.165, 1.54) is 0 Å². The maximum atomic E-state index is 12.1. The van der Waals surface area contributed by atoms with E-state index in [2.05, 4.69) is 20.4 Å². The third-order valence-corrected chi connectivity index (χ3v) is 3.58. The fraction of sp³-hybridized carbons (Fsp3) is 0.250. The maximum Gasteiger partial charge on any atom is 0.269 e. The zero-order valence-corrected chi connectivity index (χ0v) is 13.0. The van der Waals surface area contributed by atoms with Crippen molar-refractivity contribution in [3.05, 3.63) is 53.9 Å². The number of nitrogens with zero attached hydrogens (tertiary/aromatic N) is 4. The Bertz CT molecular complexity index is 807. The lowest BCUT2D eigenvalue weighted by Crippen LogP contribution is -2.27. The number of hydrogen-bond donors (Lipinski definition) is 1. The molecule has 0 bridgehead atoms. The van der Waals surface area contributed by atoms with Gasteiger partial charge in [0.1, 0.15) is 11.5 Å². The average Bonchev–Trinajstić information content (AvgIpc) is 3.16. The lowest BCUT2D eigenvalue weighted by Gasteiger charge is -2.04. The fourth-order valence-electron chi connectivity index (χ4n) is 2.15. The summed E-state index contributed by atoms with van der Waals surface area (Å²) in [6.45, 7) is 2.26. The van der Waals surface area contributed by atoms with Gasteiger partial charge in [-0.05, 0) is 6.92 Å². The van der Waals surface area contributed by atoms with Crippen molar-refractivity contribution in [2.45, 2.75) is 13.3 Å². The van der Waals surface area contributed by atoms with Crippen LogP contribution in [0.25, 0.3) is 11.4 Å². The molecule has 0 radical (unpaired) electrons. The summed E-state index contributed by atoms with van der Waals surface area (Å²) in [5.41, 5.74) is 1.43. The molecule has 1 N–H and O–H groups in total. The zero-order valence-electron chi connectivity index (χ0n) is 13.0. The highest BCUT2D eigenvalue weighted by Crippen LogP contribution is 2.14. The Morgan fingerprint density at radius 3 is 2.78 bits per heavy atom. The highest BCUT2D eigenvalue weighted by Gasteiger charge is 2.12. The van der Waals surface area contributed by atoms with Crippen LogP contribution >= 0.6 is 0 Å². The molecule has 0 unspecified atom stereocenters. The Morgan fingerprint density at radius 2 is 2.09 bits per heavy atom. The molecule has 7 heteroatoms. The molecule has 0 atom stereocenters. The predicted molar refractivity (Wildman–Crippen MR) is 83.7 cm³/mol. The van der Waals surface area contributed by atoms with Crippen LogP contribution < -0.4 is 5.32 Å². The van der Waals surface area contributed by atoms with Gasteiger partial charge in [0.05, 0.1) is 6.20 Å². The smallest absolute Gasteiger partial charge is 0.269 e. The minimum atomic E-state index is -0.170. The maximum absolute atomic E-state index is 12.1. The summed E-state index contributed by atoms with van der Waals surface area (Å²) in [6.07, 6.45) is 2.03. The number of amides is 1. The van der Waals surface area contributed by atoms with Crippen LogP contribution in [0.2, 0.25) is 0 Å². The van der Waals surface area contributed by atoms with Gasteiger partial charge in [0, 0.05) is 25.6 Å². The summed E-state index contributed by atoms with van der Waals surface area (Å²) in [4.78, 5) is 20.5. The van der Waals surface area contributed by atoms with Crippen molar-refractivity contribution in [1.82, 2.24) is 25.0 Å². The highest BCUT2D eigenvalue weighted by molar-refractivity contribution is 5.92. The van der Waals surface area contributed by atoms with Crippen molar-refractivity contribution in [3.8, 4) is 11.4 Å². The molecule has 23 heavy (non-hydrogen) atoms. The summed E-state index contributed by atoms with van der Waals surface area (Å²) < 4.78 is 6.95. The molecule has 0 fully saturated rings. The van der Waals surface area contributed by atoms with E-state index in [1.54, 1.807) is 17.8 Å². The van der Waals surface area contributed by atoms with Crippen LogP contribution in [0.1, 0.15) is 22.2 Å². The largest absolute Gasteiger partial charge is 0.350 e. The van der Waals surface area contributed by atoms with E-state index >= 15 is 0 Å². The van der Waals surface area contributed by atoms with Crippen LogP contribution in [0.3, 0.4) is 0 Å². The summed E-state index contributed by atoms with van der Waals surface area (Å²) in [6, 6.07) is 9.60. The van der Waals surface area contributed by atoms with Crippen molar-refractivity contribution in [1.29, 1.82) is 0 Å². The number of hydrogen-bond acceptors (Lipinski definition) is 5. The van der Waals surface area contributed by atoms with Gasteiger partial charge in [-0.2, -0.15) is 4.98 Å². The first kappa shape index (κ1) is 15.0. The lowest BCUT2D eigenvalue weighted by molar-refractivity contribution is 0.0945. The molecule has 0 spiro atoms. The fourth-order valence-corrected chi connectivity index (χ4v) is 2.15. The van der Waals surface area contributed by atoms with E-state index in [0.717, 1.165) is 11.4 Å². The van der Waals surface area contributed by atoms with E-state index in [0.29, 0.717) is 30.4 Å². The molecule has 0 saturated heterocycles.